The zero-order valence-electron chi connectivity index (χ0n) is 8.18. The largest absolute Gasteiger partial charge is 0.371 e. The highest BCUT2D eigenvalue weighted by Crippen LogP contribution is 2.20. The molecule has 1 fully saturated rings. The molecular formula is C10H14FN3. The van der Waals surface area contributed by atoms with Crippen LogP contribution >= 0.6 is 0 Å². The van der Waals surface area contributed by atoms with Crippen molar-refractivity contribution in [2.24, 2.45) is 0 Å². The molecule has 0 aromatic carbocycles. The molecule has 4 heteroatoms. The van der Waals surface area contributed by atoms with Crippen molar-refractivity contribution in [2.75, 3.05) is 12.4 Å². The average molecular weight is 195 g/mol. The molecule has 14 heavy (non-hydrogen) atoms. The number of rotatable bonds is 4. The van der Waals surface area contributed by atoms with E-state index >= 15 is 0 Å². The average Bonchev–Trinajstić information content (AvgIpc) is 3.00. The first-order valence-electron chi connectivity index (χ1n) is 4.86. The molecule has 0 amide bonds. The number of hydrogen-bond acceptors (Lipinski definition) is 3. The predicted molar refractivity (Wildman–Crippen MR) is 53.6 cm³/mol. The van der Waals surface area contributed by atoms with Gasteiger partial charge in [-0.1, -0.05) is 0 Å². The first kappa shape index (κ1) is 9.40. The number of hydrogen-bond donors (Lipinski definition) is 2. The second-order valence-electron chi connectivity index (χ2n) is 3.54. The molecule has 0 atom stereocenters. The summed E-state index contributed by atoms with van der Waals surface area (Å²) in [5.74, 6) is 0.0725. The number of nitrogens with one attached hydrogen (secondary N) is 2. The lowest BCUT2D eigenvalue weighted by molar-refractivity contribution is 0.585. The van der Waals surface area contributed by atoms with E-state index in [0.717, 1.165) is 0 Å². The lowest BCUT2D eigenvalue weighted by Gasteiger charge is -2.07. The summed E-state index contributed by atoms with van der Waals surface area (Å²) in [5.41, 5.74) is 0.677. The van der Waals surface area contributed by atoms with Crippen LogP contribution in [0.1, 0.15) is 18.4 Å². The predicted octanol–water partition coefficient (Wildman–Crippen LogP) is 1.51. The van der Waals surface area contributed by atoms with Gasteiger partial charge in [0.2, 0.25) is 0 Å². The molecule has 1 aromatic heterocycles. The Hall–Kier alpha value is -1.16. The molecule has 0 radical (unpaired) electrons. The van der Waals surface area contributed by atoms with Crippen molar-refractivity contribution in [1.29, 1.82) is 0 Å². The highest BCUT2D eigenvalue weighted by Gasteiger charge is 2.20. The Labute approximate surface area is 82.7 Å². The van der Waals surface area contributed by atoms with Gasteiger partial charge in [-0.3, -0.25) is 0 Å². The Morgan fingerprint density at radius 1 is 1.57 bits per heavy atom. The van der Waals surface area contributed by atoms with Crippen molar-refractivity contribution in [3.63, 3.8) is 0 Å². The van der Waals surface area contributed by atoms with Gasteiger partial charge in [-0.05, 0) is 18.9 Å². The summed E-state index contributed by atoms with van der Waals surface area (Å²) < 4.78 is 13.6. The molecule has 2 N–H and O–H groups in total. The van der Waals surface area contributed by atoms with E-state index in [2.05, 4.69) is 15.6 Å². The zero-order valence-corrected chi connectivity index (χ0v) is 8.18. The third-order valence-electron chi connectivity index (χ3n) is 2.36. The van der Waals surface area contributed by atoms with Gasteiger partial charge in [0.05, 0.1) is 0 Å². The van der Waals surface area contributed by atoms with Crippen LogP contribution in [0.2, 0.25) is 0 Å². The molecule has 0 saturated heterocycles. The van der Waals surface area contributed by atoms with Crippen LogP contribution in [0, 0.1) is 5.82 Å². The summed E-state index contributed by atoms with van der Waals surface area (Å²) in [7, 11) is 1.67. The third kappa shape index (κ3) is 2.01. The Morgan fingerprint density at radius 2 is 2.36 bits per heavy atom. The van der Waals surface area contributed by atoms with Gasteiger partial charge in [-0.15, -0.1) is 0 Å². The minimum Gasteiger partial charge on any atom is -0.371 e. The highest BCUT2D eigenvalue weighted by molar-refractivity contribution is 5.39. The van der Waals surface area contributed by atoms with Crippen LogP contribution in [0.25, 0.3) is 0 Å². The van der Waals surface area contributed by atoms with E-state index in [1.165, 1.54) is 12.8 Å². The Balaban J connectivity index is 2.06. The molecule has 2 rings (SSSR count). The second kappa shape index (κ2) is 3.92. The van der Waals surface area contributed by atoms with Gasteiger partial charge in [-0.25, -0.2) is 9.37 Å². The fourth-order valence-electron chi connectivity index (χ4n) is 1.34. The maximum atomic E-state index is 13.6. The van der Waals surface area contributed by atoms with Crippen LogP contribution in [-0.4, -0.2) is 18.1 Å². The summed E-state index contributed by atoms with van der Waals surface area (Å²) in [6.07, 6.45) is 4.05. The van der Waals surface area contributed by atoms with Gasteiger partial charge < -0.3 is 10.6 Å². The zero-order chi connectivity index (χ0) is 9.97. The van der Waals surface area contributed by atoms with Crippen LogP contribution in [0.3, 0.4) is 0 Å². The summed E-state index contributed by atoms with van der Waals surface area (Å²) >= 11 is 0. The van der Waals surface area contributed by atoms with Gasteiger partial charge in [0, 0.05) is 31.4 Å². The lowest BCUT2D eigenvalue weighted by atomic mass is 10.2. The number of nitrogens with zero attached hydrogens (tertiary/aromatic N) is 1. The molecule has 0 unspecified atom stereocenters. The van der Waals surface area contributed by atoms with Crippen molar-refractivity contribution < 1.29 is 4.39 Å². The van der Waals surface area contributed by atoms with Crippen molar-refractivity contribution in [3.05, 3.63) is 23.6 Å². The molecule has 1 heterocycles. The second-order valence-corrected chi connectivity index (χ2v) is 3.54. The van der Waals surface area contributed by atoms with Crippen molar-refractivity contribution in [2.45, 2.75) is 25.4 Å². The molecule has 0 aliphatic heterocycles. The smallest absolute Gasteiger partial charge is 0.169 e. The molecule has 1 saturated carbocycles. The van der Waals surface area contributed by atoms with Crippen molar-refractivity contribution in [1.82, 2.24) is 10.3 Å². The summed E-state index contributed by atoms with van der Waals surface area (Å²) in [5, 5.41) is 5.99. The first-order valence-corrected chi connectivity index (χ1v) is 4.86. The molecule has 1 aliphatic rings. The van der Waals surface area contributed by atoms with E-state index in [-0.39, 0.29) is 5.82 Å². The fraction of sp³-hybridized carbons (Fsp3) is 0.500. The van der Waals surface area contributed by atoms with Crippen LogP contribution < -0.4 is 10.6 Å². The van der Waals surface area contributed by atoms with Gasteiger partial charge in [-0.2, -0.15) is 0 Å². The lowest BCUT2D eigenvalue weighted by Crippen LogP contribution is -2.16. The molecular weight excluding hydrogens is 181 g/mol. The standard InChI is InChI=1S/C10H14FN3/c1-12-10-9(11)7(4-5-13-10)6-14-8-2-3-8/h4-5,8,14H,2-3,6H2,1H3,(H,12,13). The van der Waals surface area contributed by atoms with E-state index in [1.54, 1.807) is 19.3 Å². The quantitative estimate of drug-likeness (QED) is 0.764. The van der Waals surface area contributed by atoms with Crippen LogP contribution in [-0.2, 0) is 6.54 Å². The van der Waals surface area contributed by atoms with Gasteiger partial charge in [0.25, 0.3) is 0 Å². The Bertz CT molecular complexity index is 323. The SMILES string of the molecule is CNc1nccc(CNC2CC2)c1F. The van der Waals surface area contributed by atoms with E-state index in [4.69, 9.17) is 0 Å². The van der Waals surface area contributed by atoms with Gasteiger partial charge >= 0.3 is 0 Å². The Kier molecular flexibility index (Phi) is 2.63. The summed E-state index contributed by atoms with van der Waals surface area (Å²) in [6.45, 7) is 0.591. The number of halogens is 1. The monoisotopic (exact) mass is 195 g/mol. The Morgan fingerprint density at radius 3 is 3.00 bits per heavy atom. The topological polar surface area (TPSA) is 37.0 Å². The molecule has 3 nitrogen and oxygen atoms in total. The fourth-order valence-corrected chi connectivity index (χ4v) is 1.34. The molecule has 1 aromatic rings. The minimum atomic E-state index is -0.247. The van der Waals surface area contributed by atoms with E-state index in [9.17, 15) is 4.39 Å². The first-order chi connectivity index (χ1) is 6.81. The normalized spacial score (nSPS) is 15.6. The minimum absolute atomic E-state index is 0.247. The van der Waals surface area contributed by atoms with Crippen LogP contribution in [0.4, 0.5) is 10.2 Å². The maximum Gasteiger partial charge on any atom is 0.169 e. The van der Waals surface area contributed by atoms with E-state index < -0.39 is 0 Å². The molecule has 76 valence electrons. The van der Waals surface area contributed by atoms with Crippen molar-refractivity contribution >= 4 is 5.82 Å². The van der Waals surface area contributed by atoms with Gasteiger partial charge in [0.1, 0.15) is 0 Å². The van der Waals surface area contributed by atoms with Crippen LogP contribution in [0.15, 0.2) is 12.3 Å². The molecule has 0 bridgehead atoms. The van der Waals surface area contributed by atoms with Gasteiger partial charge in [0.15, 0.2) is 11.6 Å². The number of aromatic nitrogens is 1. The summed E-state index contributed by atoms with van der Waals surface area (Å²) in [6, 6.07) is 2.31. The third-order valence-corrected chi connectivity index (χ3v) is 2.36. The van der Waals surface area contributed by atoms with Crippen molar-refractivity contribution in [3.8, 4) is 0 Å². The molecule has 0 spiro atoms. The van der Waals surface area contributed by atoms with E-state index in [0.29, 0.717) is 24.0 Å². The van der Waals surface area contributed by atoms with E-state index in [1.807, 2.05) is 0 Å². The maximum absolute atomic E-state index is 13.6. The van der Waals surface area contributed by atoms with Crippen LogP contribution in [0.5, 0.6) is 0 Å². The molecule has 1 aliphatic carbocycles. The number of pyridine rings is 1. The highest BCUT2D eigenvalue weighted by atomic mass is 19.1. The number of anilines is 1. The summed E-state index contributed by atoms with van der Waals surface area (Å²) in [4.78, 5) is 3.89.